The minimum absolute atomic E-state index is 0.179. The maximum Gasteiger partial charge on any atom is 0.325 e. The summed E-state index contributed by atoms with van der Waals surface area (Å²) in [5.41, 5.74) is 1.04. The Morgan fingerprint density at radius 1 is 1.43 bits per heavy atom. The molecule has 0 spiro atoms. The second-order valence-electron chi connectivity index (χ2n) is 3.02. The third-order valence-electron chi connectivity index (χ3n) is 2.00. The molecule has 0 saturated carbocycles. The van der Waals surface area contributed by atoms with Gasteiger partial charge in [-0.1, -0.05) is 11.3 Å². The summed E-state index contributed by atoms with van der Waals surface area (Å²) in [5.74, 6) is 0. The van der Waals surface area contributed by atoms with Gasteiger partial charge in [-0.25, -0.2) is 0 Å². The number of hydrogen-bond donors (Lipinski definition) is 1. The highest BCUT2D eigenvalue weighted by Crippen LogP contribution is 2.33. The van der Waals surface area contributed by atoms with Gasteiger partial charge in [0.1, 0.15) is 0 Å². The Morgan fingerprint density at radius 2 is 2.14 bits per heavy atom. The van der Waals surface area contributed by atoms with Crippen LogP contribution in [0.25, 0.3) is 10.1 Å². The number of hydrogen-bond acceptors (Lipinski definition) is 4. The Morgan fingerprint density at radius 3 is 2.79 bits per heavy atom. The van der Waals surface area contributed by atoms with Crippen molar-refractivity contribution in [3.05, 3.63) is 33.9 Å². The second-order valence-corrected chi connectivity index (χ2v) is 4.56. The van der Waals surface area contributed by atoms with Crippen LogP contribution in [-0.4, -0.2) is 4.92 Å². The lowest BCUT2D eigenvalue weighted by Crippen LogP contribution is -1.80. The molecule has 0 unspecified atom stereocenters. The second kappa shape index (κ2) is 3.25. The maximum atomic E-state index is 10.5. The molecule has 0 aliphatic heterocycles. The van der Waals surface area contributed by atoms with Crippen molar-refractivity contribution in [3.8, 4) is 0 Å². The molecule has 0 saturated heterocycles. The molecule has 0 radical (unpaired) electrons. The molecule has 2 aromatic rings. The Hall–Kier alpha value is -1.07. The zero-order chi connectivity index (χ0) is 10.3. The quantitative estimate of drug-likeness (QED) is 0.459. The summed E-state index contributed by atoms with van der Waals surface area (Å²) < 4.78 is 0.937. The molecule has 0 aliphatic rings. The standard InChI is InChI=1S/C9H7NO2S2/c1-5-2-8-6(3-7(5)13)4-9(14-8)10(11)12/h2-4,13H,1H3. The van der Waals surface area contributed by atoms with E-state index in [-0.39, 0.29) is 9.92 Å². The van der Waals surface area contributed by atoms with E-state index in [0.717, 1.165) is 20.5 Å². The highest BCUT2D eigenvalue weighted by atomic mass is 32.1. The fraction of sp³-hybridized carbons (Fsp3) is 0.111. The summed E-state index contributed by atoms with van der Waals surface area (Å²) in [5, 5.41) is 11.6. The van der Waals surface area contributed by atoms with Gasteiger partial charge in [-0.15, -0.1) is 12.6 Å². The van der Waals surface area contributed by atoms with Gasteiger partial charge in [0.2, 0.25) is 0 Å². The molecule has 0 bridgehead atoms. The van der Waals surface area contributed by atoms with Gasteiger partial charge in [0, 0.05) is 21.0 Å². The van der Waals surface area contributed by atoms with Gasteiger partial charge in [-0.3, -0.25) is 10.1 Å². The van der Waals surface area contributed by atoms with Gasteiger partial charge >= 0.3 is 5.00 Å². The lowest BCUT2D eigenvalue weighted by Gasteiger charge is -1.96. The van der Waals surface area contributed by atoms with Crippen molar-refractivity contribution in [1.29, 1.82) is 0 Å². The predicted molar refractivity (Wildman–Crippen MR) is 60.5 cm³/mol. The van der Waals surface area contributed by atoms with Crippen molar-refractivity contribution < 1.29 is 4.92 Å². The average Bonchev–Trinajstić information content (AvgIpc) is 2.48. The van der Waals surface area contributed by atoms with Crippen LogP contribution in [0.1, 0.15) is 5.56 Å². The van der Waals surface area contributed by atoms with E-state index in [1.165, 1.54) is 11.3 Å². The highest BCUT2D eigenvalue weighted by molar-refractivity contribution is 7.80. The molecular formula is C9H7NO2S2. The van der Waals surface area contributed by atoms with E-state index in [2.05, 4.69) is 12.6 Å². The highest BCUT2D eigenvalue weighted by Gasteiger charge is 2.11. The fourth-order valence-corrected chi connectivity index (χ4v) is 2.41. The first-order valence-electron chi connectivity index (χ1n) is 3.95. The molecule has 72 valence electrons. The van der Waals surface area contributed by atoms with Crippen LogP contribution in [0.5, 0.6) is 0 Å². The van der Waals surface area contributed by atoms with Crippen LogP contribution in [0, 0.1) is 17.0 Å². The number of aryl methyl sites for hydroxylation is 1. The first kappa shape index (κ1) is 9.48. The summed E-state index contributed by atoms with van der Waals surface area (Å²) in [6.07, 6.45) is 0. The third kappa shape index (κ3) is 1.49. The number of thiol groups is 1. The zero-order valence-corrected chi connectivity index (χ0v) is 9.06. The number of rotatable bonds is 1. The molecule has 0 fully saturated rings. The van der Waals surface area contributed by atoms with Gasteiger partial charge < -0.3 is 0 Å². The predicted octanol–water partition coefficient (Wildman–Crippen LogP) is 3.41. The van der Waals surface area contributed by atoms with E-state index in [1.54, 1.807) is 6.07 Å². The Kier molecular flexibility index (Phi) is 2.20. The average molecular weight is 225 g/mol. The van der Waals surface area contributed by atoms with Crippen molar-refractivity contribution >= 4 is 39.1 Å². The summed E-state index contributed by atoms with van der Waals surface area (Å²) in [7, 11) is 0. The normalized spacial score (nSPS) is 10.7. The molecule has 14 heavy (non-hydrogen) atoms. The lowest BCUT2D eigenvalue weighted by molar-refractivity contribution is -0.380. The monoisotopic (exact) mass is 225 g/mol. The smallest absolute Gasteiger partial charge is 0.258 e. The summed E-state index contributed by atoms with van der Waals surface area (Å²) in [4.78, 5) is 11.0. The lowest BCUT2D eigenvalue weighted by atomic mass is 10.2. The van der Waals surface area contributed by atoms with Crippen LogP contribution in [0.15, 0.2) is 23.1 Å². The number of fused-ring (bicyclic) bond motifs is 1. The summed E-state index contributed by atoms with van der Waals surface area (Å²) in [6.45, 7) is 1.94. The summed E-state index contributed by atoms with van der Waals surface area (Å²) >= 11 is 5.46. The van der Waals surface area contributed by atoms with E-state index in [1.807, 2.05) is 19.1 Å². The van der Waals surface area contributed by atoms with Crippen LogP contribution in [-0.2, 0) is 0 Å². The van der Waals surface area contributed by atoms with Gasteiger partial charge in [-0.05, 0) is 24.6 Å². The maximum absolute atomic E-state index is 10.5. The molecule has 0 N–H and O–H groups in total. The molecule has 1 heterocycles. The Bertz CT molecular complexity index is 480. The first-order chi connectivity index (χ1) is 6.58. The summed E-state index contributed by atoms with van der Waals surface area (Å²) in [6, 6.07) is 5.37. The van der Waals surface area contributed by atoms with Crippen LogP contribution in [0.2, 0.25) is 0 Å². The van der Waals surface area contributed by atoms with Crippen LogP contribution in [0.3, 0.4) is 0 Å². The fourth-order valence-electron chi connectivity index (χ4n) is 1.25. The zero-order valence-electron chi connectivity index (χ0n) is 7.35. The number of nitrogens with zero attached hydrogens (tertiary/aromatic N) is 1. The minimum Gasteiger partial charge on any atom is -0.258 e. The van der Waals surface area contributed by atoms with Crippen LogP contribution >= 0.6 is 24.0 Å². The SMILES string of the molecule is Cc1cc2sc([N+](=O)[O-])cc2cc1S. The number of benzene rings is 1. The molecule has 0 atom stereocenters. The van der Waals surface area contributed by atoms with E-state index in [9.17, 15) is 10.1 Å². The number of nitro groups is 1. The van der Waals surface area contributed by atoms with E-state index in [0.29, 0.717) is 0 Å². The van der Waals surface area contributed by atoms with Crippen molar-refractivity contribution in [3.63, 3.8) is 0 Å². The molecule has 0 amide bonds. The Balaban J connectivity index is 2.72. The molecule has 1 aromatic carbocycles. The van der Waals surface area contributed by atoms with Crippen LogP contribution < -0.4 is 0 Å². The van der Waals surface area contributed by atoms with Gasteiger partial charge in [0.05, 0.1) is 4.92 Å². The van der Waals surface area contributed by atoms with Crippen LogP contribution in [0.4, 0.5) is 5.00 Å². The van der Waals surface area contributed by atoms with E-state index < -0.39 is 0 Å². The van der Waals surface area contributed by atoms with Crippen molar-refractivity contribution in [2.45, 2.75) is 11.8 Å². The molecule has 0 aliphatic carbocycles. The van der Waals surface area contributed by atoms with Gasteiger partial charge in [0.15, 0.2) is 0 Å². The minimum atomic E-state index is -0.363. The third-order valence-corrected chi connectivity index (χ3v) is 3.53. The largest absolute Gasteiger partial charge is 0.325 e. The van der Waals surface area contributed by atoms with Crippen molar-refractivity contribution in [2.24, 2.45) is 0 Å². The van der Waals surface area contributed by atoms with Crippen molar-refractivity contribution in [1.82, 2.24) is 0 Å². The first-order valence-corrected chi connectivity index (χ1v) is 5.22. The van der Waals surface area contributed by atoms with E-state index in [4.69, 9.17) is 0 Å². The van der Waals surface area contributed by atoms with Gasteiger partial charge in [0.25, 0.3) is 0 Å². The topological polar surface area (TPSA) is 43.1 Å². The molecule has 3 nitrogen and oxygen atoms in total. The van der Waals surface area contributed by atoms with Crippen molar-refractivity contribution in [2.75, 3.05) is 0 Å². The number of thiophene rings is 1. The van der Waals surface area contributed by atoms with Gasteiger partial charge in [-0.2, -0.15) is 0 Å². The molecule has 1 aromatic heterocycles. The van der Waals surface area contributed by atoms with E-state index >= 15 is 0 Å². The molecular weight excluding hydrogens is 218 g/mol. The molecule has 2 rings (SSSR count). The molecule has 5 heteroatoms. The Labute approximate surface area is 89.9 Å².